The topological polar surface area (TPSA) is 64.6 Å². The summed E-state index contributed by atoms with van der Waals surface area (Å²) in [5, 5.41) is 2.75. The van der Waals surface area contributed by atoms with Crippen LogP contribution in [0, 0.1) is 0 Å². The molecule has 0 saturated heterocycles. The fourth-order valence-corrected chi connectivity index (χ4v) is 1.50. The van der Waals surface area contributed by atoms with E-state index in [9.17, 15) is 9.59 Å². The quantitative estimate of drug-likeness (QED) is 0.606. The molecule has 0 unspecified atom stereocenters. The van der Waals surface area contributed by atoms with Crippen LogP contribution in [-0.4, -0.2) is 32.2 Å². The number of methoxy groups -OCH3 is 1. The van der Waals surface area contributed by atoms with Gasteiger partial charge < -0.3 is 14.8 Å². The molecule has 0 saturated carbocycles. The summed E-state index contributed by atoms with van der Waals surface area (Å²) in [5.74, 6) is -0.429. The Labute approximate surface area is 112 Å². The smallest absolute Gasteiger partial charge is 0.338 e. The lowest BCUT2D eigenvalue weighted by Gasteiger charge is -2.06. The van der Waals surface area contributed by atoms with Crippen LogP contribution in [0.1, 0.15) is 30.1 Å². The predicted molar refractivity (Wildman–Crippen MR) is 72.1 cm³/mol. The molecule has 0 heterocycles. The third-order valence-corrected chi connectivity index (χ3v) is 2.43. The summed E-state index contributed by atoms with van der Waals surface area (Å²) in [6.07, 6.45) is 1.09. The summed E-state index contributed by atoms with van der Waals surface area (Å²) in [5.41, 5.74) is 1.13. The Kier molecular flexibility index (Phi) is 6.60. The molecule has 5 heteroatoms. The van der Waals surface area contributed by atoms with Gasteiger partial charge in [-0.05, 0) is 37.6 Å². The maximum Gasteiger partial charge on any atom is 0.338 e. The molecule has 1 N–H and O–H groups in total. The summed E-state index contributed by atoms with van der Waals surface area (Å²) in [4.78, 5) is 23.0. The maximum atomic E-state index is 11.6. The van der Waals surface area contributed by atoms with Crippen molar-refractivity contribution in [1.82, 2.24) is 0 Å². The molecule has 1 aromatic carbocycles. The van der Waals surface area contributed by atoms with Crippen molar-refractivity contribution in [2.45, 2.75) is 19.8 Å². The fraction of sp³-hybridized carbons (Fsp3) is 0.429. The number of anilines is 1. The summed E-state index contributed by atoms with van der Waals surface area (Å²) in [6, 6.07) is 6.62. The van der Waals surface area contributed by atoms with Crippen LogP contribution in [0.4, 0.5) is 5.69 Å². The minimum atomic E-state index is -0.361. The molecule has 0 aliphatic heterocycles. The Balaban J connectivity index is 2.47. The molecule has 1 rings (SSSR count). The molecule has 0 spiro atoms. The Morgan fingerprint density at radius 2 is 1.89 bits per heavy atom. The summed E-state index contributed by atoms with van der Waals surface area (Å²) >= 11 is 0. The van der Waals surface area contributed by atoms with E-state index in [1.807, 2.05) is 0 Å². The van der Waals surface area contributed by atoms with E-state index in [0.29, 0.717) is 37.3 Å². The van der Waals surface area contributed by atoms with Gasteiger partial charge in [-0.2, -0.15) is 0 Å². The first-order valence-corrected chi connectivity index (χ1v) is 6.23. The third-order valence-electron chi connectivity index (χ3n) is 2.43. The SMILES string of the molecule is CCOC(=O)c1ccc(NC(=O)CCCOC)cc1. The number of rotatable bonds is 7. The van der Waals surface area contributed by atoms with Gasteiger partial charge in [0.2, 0.25) is 5.91 Å². The molecule has 0 aromatic heterocycles. The maximum absolute atomic E-state index is 11.6. The molecule has 0 radical (unpaired) electrons. The summed E-state index contributed by atoms with van der Waals surface area (Å²) < 4.78 is 9.75. The van der Waals surface area contributed by atoms with Gasteiger partial charge in [0.05, 0.1) is 12.2 Å². The van der Waals surface area contributed by atoms with E-state index in [1.165, 1.54) is 0 Å². The Hall–Kier alpha value is -1.88. The second-order valence-electron chi connectivity index (χ2n) is 3.94. The van der Waals surface area contributed by atoms with E-state index in [4.69, 9.17) is 9.47 Å². The van der Waals surface area contributed by atoms with Crippen molar-refractivity contribution < 1.29 is 19.1 Å². The molecule has 5 nitrogen and oxygen atoms in total. The number of carbonyl (C=O) groups excluding carboxylic acids is 2. The Morgan fingerprint density at radius 1 is 1.21 bits per heavy atom. The highest BCUT2D eigenvalue weighted by atomic mass is 16.5. The molecule has 104 valence electrons. The lowest BCUT2D eigenvalue weighted by atomic mass is 10.2. The van der Waals surface area contributed by atoms with Gasteiger partial charge in [-0.15, -0.1) is 0 Å². The van der Waals surface area contributed by atoms with Crippen molar-refractivity contribution in [1.29, 1.82) is 0 Å². The summed E-state index contributed by atoms with van der Waals surface area (Å²) in [6.45, 7) is 2.67. The number of nitrogens with one attached hydrogen (secondary N) is 1. The van der Waals surface area contributed by atoms with E-state index >= 15 is 0 Å². The number of amides is 1. The fourth-order valence-electron chi connectivity index (χ4n) is 1.50. The van der Waals surface area contributed by atoms with Crippen LogP contribution < -0.4 is 5.32 Å². The van der Waals surface area contributed by atoms with Crippen LogP contribution in [0.2, 0.25) is 0 Å². The van der Waals surface area contributed by atoms with Gasteiger partial charge in [0, 0.05) is 25.8 Å². The Morgan fingerprint density at radius 3 is 2.47 bits per heavy atom. The normalized spacial score (nSPS) is 10.0. The van der Waals surface area contributed by atoms with Crippen molar-refractivity contribution in [2.75, 3.05) is 25.6 Å². The van der Waals surface area contributed by atoms with Crippen LogP contribution in [0.25, 0.3) is 0 Å². The lowest BCUT2D eigenvalue weighted by Crippen LogP contribution is -2.12. The minimum absolute atomic E-state index is 0.0686. The highest BCUT2D eigenvalue weighted by Crippen LogP contribution is 2.11. The molecule has 0 fully saturated rings. The zero-order valence-corrected chi connectivity index (χ0v) is 11.3. The van der Waals surface area contributed by atoms with E-state index in [2.05, 4.69) is 5.32 Å². The molecular weight excluding hydrogens is 246 g/mol. The average Bonchev–Trinajstić information content (AvgIpc) is 2.40. The largest absolute Gasteiger partial charge is 0.462 e. The standard InChI is InChI=1S/C14H19NO4/c1-3-19-14(17)11-6-8-12(9-7-11)15-13(16)5-4-10-18-2/h6-9H,3-5,10H2,1-2H3,(H,15,16). The van der Waals surface area contributed by atoms with Crippen molar-refractivity contribution in [2.24, 2.45) is 0 Å². The lowest BCUT2D eigenvalue weighted by molar-refractivity contribution is -0.116. The van der Waals surface area contributed by atoms with Crippen LogP contribution >= 0.6 is 0 Å². The molecule has 0 aliphatic rings. The second kappa shape index (κ2) is 8.26. The Bertz CT molecular complexity index is 414. The van der Waals surface area contributed by atoms with Crippen LogP contribution in [0.15, 0.2) is 24.3 Å². The van der Waals surface area contributed by atoms with Crippen molar-refractivity contribution >= 4 is 17.6 Å². The highest BCUT2D eigenvalue weighted by Gasteiger charge is 2.06. The number of esters is 1. The molecule has 19 heavy (non-hydrogen) atoms. The monoisotopic (exact) mass is 265 g/mol. The zero-order chi connectivity index (χ0) is 14.1. The molecule has 0 bridgehead atoms. The van der Waals surface area contributed by atoms with Crippen molar-refractivity contribution in [3.63, 3.8) is 0 Å². The van der Waals surface area contributed by atoms with E-state index in [-0.39, 0.29) is 11.9 Å². The number of hydrogen-bond acceptors (Lipinski definition) is 4. The first-order chi connectivity index (χ1) is 9.17. The summed E-state index contributed by atoms with van der Waals surface area (Å²) in [7, 11) is 1.60. The van der Waals surface area contributed by atoms with Gasteiger partial charge >= 0.3 is 5.97 Å². The molecule has 0 aliphatic carbocycles. The first kappa shape index (κ1) is 15.2. The number of carbonyl (C=O) groups is 2. The number of benzene rings is 1. The van der Waals surface area contributed by atoms with Crippen LogP contribution in [0.3, 0.4) is 0 Å². The van der Waals surface area contributed by atoms with E-state index in [1.54, 1.807) is 38.3 Å². The third kappa shape index (κ3) is 5.52. The van der Waals surface area contributed by atoms with Crippen LogP contribution in [-0.2, 0) is 14.3 Å². The predicted octanol–water partition coefficient (Wildman–Crippen LogP) is 2.23. The first-order valence-electron chi connectivity index (χ1n) is 6.23. The van der Waals surface area contributed by atoms with Gasteiger partial charge in [0.15, 0.2) is 0 Å². The van der Waals surface area contributed by atoms with Gasteiger partial charge in [0.1, 0.15) is 0 Å². The molecular formula is C14H19NO4. The molecule has 0 atom stereocenters. The van der Waals surface area contributed by atoms with Crippen molar-refractivity contribution in [3.05, 3.63) is 29.8 Å². The molecule has 1 aromatic rings. The second-order valence-corrected chi connectivity index (χ2v) is 3.94. The minimum Gasteiger partial charge on any atom is -0.462 e. The van der Waals surface area contributed by atoms with Gasteiger partial charge in [0.25, 0.3) is 0 Å². The van der Waals surface area contributed by atoms with Crippen LogP contribution in [0.5, 0.6) is 0 Å². The zero-order valence-electron chi connectivity index (χ0n) is 11.3. The van der Waals surface area contributed by atoms with Gasteiger partial charge in [-0.3, -0.25) is 4.79 Å². The highest BCUT2D eigenvalue weighted by molar-refractivity contribution is 5.93. The van der Waals surface area contributed by atoms with E-state index < -0.39 is 0 Å². The van der Waals surface area contributed by atoms with Gasteiger partial charge in [-0.1, -0.05) is 0 Å². The number of hydrogen-bond donors (Lipinski definition) is 1. The van der Waals surface area contributed by atoms with E-state index in [0.717, 1.165) is 0 Å². The number of ether oxygens (including phenoxy) is 2. The average molecular weight is 265 g/mol. The molecule has 1 amide bonds. The van der Waals surface area contributed by atoms with Gasteiger partial charge in [-0.25, -0.2) is 4.79 Å². The van der Waals surface area contributed by atoms with Crippen molar-refractivity contribution in [3.8, 4) is 0 Å².